The highest BCUT2D eigenvalue weighted by atomic mass is 15.1. The topological polar surface area (TPSA) is 3.24 Å². The van der Waals surface area contributed by atoms with Gasteiger partial charge in [0.15, 0.2) is 0 Å². The molecule has 4 aromatic rings. The summed E-state index contributed by atoms with van der Waals surface area (Å²) in [5, 5.41) is 0. The molecule has 0 unspecified atom stereocenters. The van der Waals surface area contributed by atoms with Gasteiger partial charge in [-0.2, -0.15) is 0 Å². The van der Waals surface area contributed by atoms with Crippen LogP contribution in [-0.2, 0) is 6.42 Å². The van der Waals surface area contributed by atoms with E-state index in [-0.39, 0.29) is 0 Å². The van der Waals surface area contributed by atoms with Crippen LogP contribution in [0, 0.1) is 13.8 Å². The molecule has 0 fully saturated rings. The fraction of sp³-hybridized carbons (Fsp3) is 0.172. The third-order valence-electron chi connectivity index (χ3n) is 5.57. The fourth-order valence-corrected chi connectivity index (χ4v) is 4.00. The third kappa shape index (κ3) is 4.31. The van der Waals surface area contributed by atoms with Crippen LogP contribution in [0.1, 0.15) is 30.0 Å². The lowest BCUT2D eigenvalue weighted by Crippen LogP contribution is -2.09. The van der Waals surface area contributed by atoms with Gasteiger partial charge in [0, 0.05) is 17.1 Å². The number of aryl methyl sites for hydroxylation is 3. The monoisotopic (exact) mass is 391 g/mol. The largest absolute Gasteiger partial charge is 0.311 e. The number of anilines is 3. The molecule has 1 nitrogen and oxygen atoms in total. The first kappa shape index (κ1) is 20.0. The van der Waals surface area contributed by atoms with Crippen LogP contribution in [0.15, 0.2) is 97.1 Å². The summed E-state index contributed by atoms with van der Waals surface area (Å²) in [4.78, 5) is 2.31. The second kappa shape index (κ2) is 9.00. The Labute approximate surface area is 180 Å². The molecule has 0 bridgehead atoms. The highest BCUT2D eigenvalue weighted by Crippen LogP contribution is 2.36. The Morgan fingerprint density at radius 1 is 0.633 bits per heavy atom. The van der Waals surface area contributed by atoms with Gasteiger partial charge in [0.05, 0.1) is 0 Å². The van der Waals surface area contributed by atoms with Gasteiger partial charge in [-0.05, 0) is 78.9 Å². The summed E-state index contributed by atoms with van der Waals surface area (Å²) in [5.41, 5.74) is 10.1. The molecule has 0 saturated carbocycles. The molecule has 0 atom stereocenters. The summed E-state index contributed by atoms with van der Waals surface area (Å²) in [6.45, 7) is 6.57. The maximum absolute atomic E-state index is 2.33. The van der Waals surface area contributed by atoms with Crippen molar-refractivity contribution in [1.29, 1.82) is 0 Å². The first-order valence-electron chi connectivity index (χ1n) is 10.8. The molecular weight excluding hydrogens is 362 g/mol. The number of benzene rings is 4. The second-order valence-corrected chi connectivity index (χ2v) is 7.95. The van der Waals surface area contributed by atoms with Crippen LogP contribution in [0.2, 0.25) is 0 Å². The molecular formula is C29H29N. The number of hydrogen-bond acceptors (Lipinski definition) is 1. The average molecular weight is 392 g/mol. The van der Waals surface area contributed by atoms with Gasteiger partial charge in [0.25, 0.3) is 0 Å². The molecule has 0 aromatic heterocycles. The molecule has 1 heteroatoms. The molecule has 0 N–H and O–H groups in total. The van der Waals surface area contributed by atoms with E-state index in [1.165, 1.54) is 39.9 Å². The smallest absolute Gasteiger partial charge is 0.0462 e. The Morgan fingerprint density at radius 2 is 1.23 bits per heavy atom. The molecule has 0 amide bonds. The van der Waals surface area contributed by atoms with Gasteiger partial charge in [-0.15, -0.1) is 0 Å². The van der Waals surface area contributed by atoms with Gasteiger partial charge in [0.2, 0.25) is 0 Å². The molecule has 0 aliphatic heterocycles. The summed E-state index contributed by atoms with van der Waals surface area (Å²) in [7, 11) is 0. The molecule has 30 heavy (non-hydrogen) atoms. The first-order chi connectivity index (χ1) is 14.7. The van der Waals surface area contributed by atoms with E-state index in [9.17, 15) is 0 Å². The Kier molecular flexibility index (Phi) is 5.99. The molecule has 0 radical (unpaired) electrons. The predicted molar refractivity (Wildman–Crippen MR) is 130 cm³/mol. The minimum atomic E-state index is 1.14. The summed E-state index contributed by atoms with van der Waals surface area (Å²) in [6.07, 6.45) is 2.32. The maximum atomic E-state index is 2.33. The minimum absolute atomic E-state index is 1.14. The maximum Gasteiger partial charge on any atom is 0.0462 e. The number of rotatable bonds is 6. The van der Waals surface area contributed by atoms with Crippen LogP contribution in [0.5, 0.6) is 0 Å². The zero-order valence-electron chi connectivity index (χ0n) is 18.1. The van der Waals surface area contributed by atoms with E-state index < -0.39 is 0 Å². The first-order valence-corrected chi connectivity index (χ1v) is 10.8. The predicted octanol–water partition coefficient (Wildman–Crippen LogP) is 8.39. The Balaban J connectivity index is 1.70. The zero-order valence-corrected chi connectivity index (χ0v) is 18.1. The molecule has 0 aliphatic rings. The number of para-hydroxylation sites is 1. The van der Waals surface area contributed by atoms with Crippen LogP contribution in [0.3, 0.4) is 0 Å². The molecule has 4 rings (SSSR count). The van der Waals surface area contributed by atoms with Crippen LogP contribution >= 0.6 is 0 Å². The van der Waals surface area contributed by atoms with E-state index in [1.54, 1.807) is 0 Å². The third-order valence-corrected chi connectivity index (χ3v) is 5.57. The van der Waals surface area contributed by atoms with Gasteiger partial charge >= 0.3 is 0 Å². The van der Waals surface area contributed by atoms with Crippen molar-refractivity contribution in [3.8, 4) is 11.1 Å². The standard InChI is InChI=1S/C29H29N/c1-4-8-24-13-20-29(23(3)21-24)25-14-18-28(19-15-25)30(26-9-6-5-7-10-26)27-16-11-22(2)12-17-27/h5-7,9-21H,4,8H2,1-3H3. The van der Waals surface area contributed by atoms with Gasteiger partial charge < -0.3 is 4.90 Å². The zero-order chi connectivity index (χ0) is 20.9. The summed E-state index contributed by atoms with van der Waals surface area (Å²) >= 11 is 0. The lowest BCUT2D eigenvalue weighted by atomic mass is 9.97. The van der Waals surface area contributed by atoms with Crippen molar-refractivity contribution in [2.45, 2.75) is 33.6 Å². The van der Waals surface area contributed by atoms with Crippen molar-refractivity contribution in [1.82, 2.24) is 0 Å². The van der Waals surface area contributed by atoms with Gasteiger partial charge in [-0.3, -0.25) is 0 Å². The number of hydrogen-bond donors (Lipinski definition) is 0. The molecule has 0 spiro atoms. The van der Waals surface area contributed by atoms with Crippen molar-refractivity contribution >= 4 is 17.1 Å². The van der Waals surface area contributed by atoms with Crippen LogP contribution in [0.25, 0.3) is 11.1 Å². The molecule has 0 aliphatic carbocycles. The second-order valence-electron chi connectivity index (χ2n) is 7.95. The van der Waals surface area contributed by atoms with Crippen LogP contribution in [0.4, 0.5) is 17.1 Å². The van der Waals surface area contributed by atoms with E-state index in [1.807, 2.05) is 0 Å². The summed E-state index contributed by atoms with van der Waals surface area (Å²) < 4.78 is 0. The lowest BCUT2D eigenvalue weighted by Gasteiger charge is -2.25. The van der Waals surface area contributed by atoms with Crippen molar-refractivity contribution in [3.63, 3.8) is 0 Å². The average Bonchev–Trinajstić information content (AvgIpc) is 2.77. The lowest BCUT2D eigenvalue weighted by molar-refractivity contribution is 0.920. The normalized spacial score (nSPS) is 10.8. The van der Waals surface area contributed by atoms with E-state index in [4.69, 9.17) is 0 Å². The summed E-state index contributed by atoms with van der Waals surface area (Å²) in [6, 6.07) is 35.0. The van der Waals surface area contributed by atoms with Gasteiger partial charge in [0.1, 0.15) is 0 Å². The molecule has 0 heterocycles. The fourth-order valence-electron chi connectivity index (χ4n) is 4.00. The Hall–Kier alpha value is -3.32. The molecule has 4 aromatic carbocycles. The highest BCUT2D eigenvalue weighted by molar-refractivity contribution is 5.78. The highest BCUT2D eigenvalue weighted by Gasteiger charge is 2.12. The Bertz CT molecular complexity index is 1090. The quantitative estimate of drug-likeness (QED) is 0.319. The van der Waals surface area contributed by atoms with Crippen molar-refractivity contribution < 1.29 is 0 Å². The van der Waals surface area contributed by atoms with E-state index in [2.05, 4.69) is 123 Å². The summed E-state index contributed by atoms with van der Waals surface area (Å²) in [5.74, 6) is 0. The molecule has 0 saturated heterocycles. The van der Waals surface area contributed by atoms with Crippen LogP contribution in [-0.4, -0.2) is 0 Å². The molecule has 150 valence electrons. The Morgan fingerprint density at radius 3 is 1.83 bits per heavy atom. The number of nitrogens with zero attached hydrogens (tertiary/aromatic N) is 1. The van der Waals surface area contributed by atoms with Gasteiger partial charge in [-0.25, -0.2) is 0 Å². The van der Waals surface area contributed by atoms with E-state index in [0.29, 0.717) is 0 Å². The van der Waals surface area contributed by atoms with Crippen molar-refractivity contribution in [3.05, 3.63) is 114 Å². The van der Waals surface area contributed by atoms with Crippen molar-refractivity contribution in [2.24, 2.45) is 0 Å². The minimum Gasteiger partial charge on any atom is -0.311 e. The van der Waals surface area contributed by atoms with Crippen LogP contribution < -0.4 is 4.90 Å². The van der Waals surface area contributed by atoms with E-state index >= 15 is 0 Å². The SMILES string of the molecule is CCCc1ccc(-c2ccc(N(c3ccccc3)c3ccc(C)cc3)cc2)c(C)c1. The van der Waals surface area contributed by atoms with Crippen molar-refractivity contribution in [2.75, 3.05) is 4.90 Å². The van der Waals surface area contributed by atoms with E-state index in [0.717, 1.165) is 17.8 Å². The van der Waals surface area contributed by atoms with Gasteiger partial charge in [-0.1, -0.05) is 79.6 Å².